The zero-order valence-electron chi connectivity index (χ0n) is 21.0. The van der Waals surface area contributed by atoms with Crippen LogP contribution in [0.15, 0.2) is 43.0 Å². The Bertz CT molecular complexity index is 1400. The molecule has 0 aliphatic carbocycles. The highest BCUT2D eigenvalue weighted by Crippen LogP contribution is 2.45. The minimum Gasteiger partial charge on any atom is -0.480 e. The summed E-state index contributed by atoms with van der Waals surface area (Å²) < 4.78 is 20.4. The summed E-state index contributed by atoms with van der Waals surface area (Å²) in [6.07, 6.45) is -0.556. The first kappa shape index (κ1) is 25.2. The molecular formula is C25H27N7O7. The largest absolute Gasteiger partial charge is 0.480 e. The molecule has 1 aromatic carbocycles. The summed E-state index contributed by atoms with van der Waals surface area (Å²) in [5, 5.41) is 14.9. The van der Waals surface area contributed by atoms with Gasteiger partial charge in [-0.3, -0.25) is 14.7 Å². The van der Waals surface area contributed by atoms with Crippen LogP contribution in [0.25, 0.3) is 11.2 Å². The van der Waals surface area contributed by atoms with Gasteiger partial charge < -0.3 is 29.5 Å². The van der Waals surface area contributed by atoms with Crippen LogP contribution in [0.3, 0.4) is 0 Å². The summed E-state index contributed by atoms with van der Waals surface area (Å²) in [6.45, 7) is 2.54. The zero-order chi connectivity index (χ0) is 27.1. The van der Waals surface area contributed by atoms with Gasteiger partial charge in [0.1, 0.15) is 24.6 Å². The number of benzene rings is 1. The molecule has 2 aromatic heterocycles. The average molecular weight is 538 g/mol. The van der Waals surface area contributed by atoms with Crippen molar-refractivity contribution >= 4 is 34.9 Å². The molecule has 4 unspecified atom stereocenters. The van der Waals surface area contributed by atoms with Crippen molar-refractivity contribution in [1.82, 2.24) is 29.7 Å². The molecule has 3 N–H and O–H groups in total. The van der Waals surface area contributed by atoms with Gasteiger partial charge in [-0.1, -0.05) is 30.3 Å². The lowest BCUT2D eigenvalue weighted by Gasteiger charge is -2.27. The van der Waals surface area contributed by atoms with Crippen LogP contribution in [0.2, 0.25) is 0 Å². The first-order valence-corrected chi connectivity index (χ1v) is 12.7. The molecule has 6 atom stereocenters. The molecular weight excluding hydrogens is 510 g/mol. The number of likely N-dealkylation sites (tertiary alicyclic amines) is 1. The van der Waals surface area contributed by atoms with E-state index < -0.39 is 54.8 Å². The van der Waals surface area contributed by atoms with Crippen LogP contribution in [0, 0.1) is 0 Å². The molecule has 0 radical (unpaired) electrons. The number of carboxylic acids is 1. The Morgan fingerprint density at radius 3 is 2.64 bits per heavy atom. The molecule has 0 bridgehead atoms. The smallest absolute Gasteiger partial charge is 0.326 e. The number of urea groups is 1. The van der Waals surface area contributed by atoms with Crippen LogP contribution >= 0.6 is 0 Å². The van der Waals surface area contributed by atoms with Crippen molar-refractivity contribution in [3.63, 3.8) is 0 Å². The van der Waals surface area contributed by atoms with Crippen molar-refractivity contribution in [1.29, 1.82) is 0 Å². The molecule has 14 nitrogen and oxygen atoms in total. The third-order valence-electron chi connectivity index (χ3n) is 7.09. The summed E-state index contributed by atoms with van der Waals surface area (Å²) >= 11 is 0. The summed E-state index contributed by atoms with van der Waals surface area (Å²) in [5.74, 6) is -1.31. The summed E-state index contributed by atoms with van der Waals surface area (Å²) in [7, 11) is 0. The molecule has 3 aromatic rings. The third kappa shape index (κ3) is 4.45. The summed E-state index contributed by atoms with van der Waals surface area (Å²) in [5.41, 5.74) is 1.44. The number of aromatic nitrogens is 4. The Kier molecular flexibility index (Phi) is 6.58. The minimum atomic E-state index is -1.11. The van der Waals surface area contributed by atoms with Crippen LogP contribution in [0.5, 0.6) is 0 Å². The van der Waals surface area contributed by atoms with Crippen molar-refractivity contribution in [2.24, 2.45) is 0 Å². The topological polar surface area (TPSA) is 170 Å². The number of carboxylic acid groups (broad SMARTS) is 1. The monoisotopic (exact) mass is 537 g/mol. The Balaban J connectivity index is 1.34. The van der Waals surface area contributed by atoms with Gasteiger partial charge in [0.25, 0.3) is 5.91 Å². The van der Waals surface area contributed by atoms with E-state index in [0.29, 0.717) is 37.1 Å². The van der Waals surface area contributed by atoms with E-state index in [0.717, 1.165) is 5.56 Å². The van der Waals surface area contributed by atoms with Crippen LogP contribution in [-0.2, 0) is 23.8 Å². The molecule has 3 aliphatic rings. The van der Waals surface area contributed by atoms with Crippen LogP contribution in [0.4, 0.5) is 10.6 Å². The molecule has 0 saturated carbocycles. The Labute approximate surface area is 222 Å². The normalized spacial score (nSPS) is 28.0. The van der Waals surface area contributed by atoms with Crippen molar-refractivity contribution in [2.75, 3.05) is 18.4 Å². The maximum Gasteiger partial charge on any atom is 0.326 e. The van der Waals surface area contributed by atoms with Crippen molar-refractivity contribution in [3.8, 4) is 0 Å². The highest BCUT2D eigenvalue weighted by molar-refractivity contribution is 5.95. The van der Waals surface area contributed by atoms with Gasteiger partial charge in [-0.15, -0.1) is 0 Å². The fourth-order valence-corrected chi connectivity index (χ4v) is 5.33. The first-order valence-electron chi connectivity index (χ1n) is 12.7. The van der Waals surface area contributed by atoms with Crippen molar-refractivity contribution in [3.05, 3.63) is 48.5 Å². The van der Waals surface area contributed by atoms with Crippen LogP contribution in [-0.4, -0.2) is 84.9 Å². The highest BCUT2D eigenvalue weighted by atomic mass is 16.8. The van der Waals surface area contributed by atoms with Gasteiger partial charge in [-0.2, -0.15) is 0 Å². The maximum absolute atomic E-state index is 13.7. The lowest BCUT2D eigenvalue weighted by Crippen LogP contribution is -2.49. The standard InChI is InChI=1S/C25H27N7O7/c1-2-26-25(36)30-19-15-20(28-11-27-19)32(12-29-15)22-18-16(38-24(39-18)13-7-4-3-5-8-13)17(37-22)21(33)31-10-6-9-14(31)23(34)35/h3-5,7-8,11-12,14,16-18,22,24H,2,6,9-10H2,1H3,(H,34,35)(H2,26,27,28,30,36)/t14-,16?,17?,18?,22?,24+/m1/s1. The van der Waals surface area contributed by atoms with Crippen LogP contribution < -0.4 is 10.6 Å². The molecule has 5 heterocycles. The van der Waals surface area contributed by atoms with E-state index in [1.165, 1.54) is 17.6 Å². The van der Waals surface area contributed by atoms with Gasteiger partial charge in [-0.05, 0) is 19.8 Å². The van der Waals surface area contributed by atoms with Gasteiger partial charge in [-0.25, -0.2) is 24.5 Å². The van der Waals surface area contributed by atoms with Gasteiger partial charge in [0.2, 0.25) is 0 Å². The Morgan fingerprint density at radius 2 is 1.87 bits per heavy atom. The van der Waals surface area contributed by atoms with E-state index in [1.807, 2.05) is 30.3 Å². The summed E-state index contributed by atoms with van der Waals surface area (Å²) in [6, 6.07) is 7.95. The number of hydrogen-bond donors (Lipinski definition) is 3. The van der Waals surface area contributed by atoms with E-state index >= 15 is 0 Å². The van der Waals surface area contributed by atoms with Crippen LogP contribution in [0.1, 0.15) is 37.8 Å². The number of imidazole rings is 1. The molecule has 3 aliphatic heterocycles. The number of nitrogens with one attached hydrogen (secondary N) is 2. The number of hydrogen-bond acceptors (Lipinski definition) is 9. The average Bonchev–Trinajstić information content (AvgIpc) is 3.72. The molecule has 0 spiro atoms. The number of rotatable bonds is 6. The Hall–Kier alpha value is -4.14. The van der Waals surface area contributed by atoms with Gasteiger partial charge >= 0.3 is 12.0 Å². The third-order valence-corrected chi connectivity index (χ3v) is 7.09. The number of ether oxygens (including phenoxy) is 3. The number of nitrogens with zero attached hydrogens (tertiary/aromatic N) is 5. The molecule has 3 amide bonds. The predicted molar refractivity (Wildman–Crippen MR) is 133 cm³/mol. The quantitative estimate of drug-likeness (QED) is 0.418. The van der Waals surface area contributed by atoms with E-state index in [1.54, 1.807) is 11.5 Å². The van der Waals surface area contributed by atoms with Gasteiger partial charge in [0, 0.05) is 18.7 Å². The van der Waals surface area contributed by atoms with Gasteiger partial charge in [0.15, 0.2) is 35.6 Å². The molecule has 39 heavy (non-hydrogen) atoms. The first-order chi connectivity index (χ1) is 19.0. The number of fused-ring (bicyclic) bond motifs is 2. The molecule has 6 rings (SSSR count). The van der Waals surface area contributed by atoms with E-state index in [2.05, 4.69) is 25.6 Å². The second-order valence-electron chi connectivity index (χ2n) is 9.45. The molecule has 204 valence electrons. The lowest BCUT2D eigenvalue weighted by atomic mass is 10.1. The molecule has 3 saturated heterocycles. The summed E-state index contributed by atoms with van der Waals surface area (Å²) in [4.78, 5) is 51.8. The number of anilines is 1. The van der Waals surface area contributed by atoms with E-state index in [-0.39, 0.29) is 5.82 Å². The molecule has 3 fully saturated rings. The van der Waals surface area contributed by atoms with E-state index in [9.17, 15) is 19.5 Å². The molecule has 14 heteroatoms. The number of amides is 3. The minimum absolute atomic E-state index is 0.207. The second-order valence-corrected chi connectivity index (χ2v) is 9.45. The Morgan fingerprint density at radius 1 is 1.08 bits per heavy atom. The number of aliphatic carboxylic acids is 1. The number of carbonyl (C=O) groups is 3. The second kappa shape index (κ2) is 10.2. The fraction of sp³-hybridized carbons (Fsp3) is 0.440. The maximum atomic E-state index is 13.7. The highest BCUT2D eigenvalue weighted by Gasteiger charge is 2.58. The SMILES string of the molecule is CCNC(=O)Nc1ncnc2c1ncn2C1OC(C(=O)N2CCC[C@@H]2C(=O)O)C2O[C@H](c3ccccc3)OC21. The fourth-order valence-electron chi connectivity index (χ4n) is 5.33. The predicted octanol–water partition coefficient (Wildman–Crippen LogP) is 1.42. The van der Waals surface area contributed by atoms with E-state index in [4.69, 9.17) is 14.2 Å². The van der Waals surface area contributed by atoms with Gasteiger partial charge in [0.05, 0.1) is 6.33 Å². The number of carbonyl (C=O) groups excluding carboxylic acids is 2. The van der Waals surface area contributed by atoms with Crippen molar-refractivity contribution < 1.29 is 33.7 Å². The lowest BCUT2D eigenvalue weighted by molar-refractivity contribution is -0.171. The zero-order valence-corrected chi connectivity index (χ0v) is 21.0. The van der Waals surface area contributed by atoms with Crippen molar-refractivity contribution in [2.45, 2.75) is 56.6 Å².